The monoisotopic (exact) mass is 337 g/mol. The van der Waals surface area contributed by atoms with Gasteiger partial charge >= 0.3 is 5.97 Å². The second-order valence-corrected chi connectivity index (χ2v) is 4.93. The van der Waals surface area contributed by atoms with Gasteiger partial charge in [-0.1, -0.05) is 0 Å². The molecular weight excluding hydrogens is 321 g/mol. The van der Waals surface area contributed by atoms with E-state index in [1.54, 1.807) is 6.92 Å². The molecule has 128 valence electrons. The fraction of sp³-hybridized carbons (Fsp3) is 0.250. The summed E-state index contributed by atoms with van der Waals surface area (Å²) < 4.78 is 29.2. The van der Waals surface area contributed by atoms with Crippen molar-refractivity contribution in [2.45, 2.75) is 13.0 Å². The SMILES string of the molecule is COc1cc(F)c(C(C)NC(=O)c2cc(C(=O)O)co2)cc1OC. The number of halogens is 1. The van der Waals surface area contributed by atoms with Crippen LogP contribution in [0.25, 0.3) is 0 Å². The molecule has 1 heterocycles. The zero-order chi connectivity index (χ0) is 17.9. The van der Waals surface area contributed by atoms with Gasteiger partial charge in [0, 0.05) is 17.7 Å². The summed E-state index contributed by atoms with van der Waals surface area (Å²) in [7, 11) is 2.80. The molecule has 8 heteroatoms. The van der Waals surface area contributed by atoms with E-state index in [4.69, 9.17) is 19.0 Å². The average Bonchev–Trinajstić information content (AvgIpc) is 3.04. The maximum atomic E-state index is 14.2. The Morgan fingerprint density at radius 1 is 1.21 bits per heavy atom. The summed E-state index contributed by atoms with van der Waals surface area (Å²) in [5.41, 5.74) is 0.0381. The largest absolute Gasteiger partial charge is 0.493 e. The maximum absolute atomic E-state index is 14.2. The molecule has 0 aliphatic carbocycles. The Balaban J connectivity index is 2.20. The van der Waals surface area contributed by atoms with Crippen LogP contribution in [-0.2, 0) is 0 Å². The van der Waals surface area contributed by atoms with Gasteiger partial charge in [-0.05, 0) is 13.0 Å². The van der Waals surface area contributed by atoms with E-state index < -0.39 is 23.7 Å². The van der Waals surface area contributed by atoms with Crippen LogP contribution in [0.1, 0.15) is 39.4 Å². The first-order chi connectivity index (χ1) is 11.4. The third kappa shape index (κ3) is 3.48. The van der Waals surface area contributed by atoms with Crippen molar-refractivity contribution >= 4 is 11.9 Å². The van der Waals surface area contributed by atoms with Crippen molar-refractivity contribution in [1.29, 1.82) is 0 Å². The molecule has 24 heavy (non-hydrogen) atoms. The van der Waals surface area contributed by atoms with E-state index in [1.165, 1.54) is 20.3 Å². The molecule has 0 saturated heterocycles. The second-order valence-electron chi connectivity index (χ2n) is 4.93. The summed E-state index contributed by atoms with van der Waals surface area (Å²) in [6.07, 6.45) is 0.957. The molecule has 1 aromatic heterocycles. The molecule has 0 saturated carbocycles. The molecule has 0 bridgehead atoms. The van der Waals surface area contributed by atoms with E-state index in [0.29, 0.717) is 5.75 Å². The number of methoxy groups -OCH3 is 2. The summed E-state index contributed by atoms with van der Waals surface area (Å²) in [6.45, 7) is 1.57. The number of carbonyl (C=O) groups excluding carboxylic acids is 1. The van der Waals surface area contributed by atoms with Gasteiger partial charge < -0.3 is 24.3 Å². The number of aromatic carboxylic acids is 1. The molecule has 1 aromatic carbocycles. The number of carboxylic acids is 1. The Kier molecular flexibility index (Phi) is 5.08. The molecule has 1 atom stereocenters. The van der Waals surface area contributed by atoms with Crippen LogP contribution in [-0.4, -0.2) is 31.2 Å². The minimum Gasteiger partial charge on any atom is -0.493 e. The number of furan rings is 1. The highest BCUT2D eigenvalue weighted by atomic mass is 19.1. The molecule has 2 aromatic rings. The van der Waals surface area contributed by atoms with Crippen LogP contribution in [0.5, 0.6) is 11.5 Å². The van der Waals surface area contributed by atoms with Gasteiger partial charge in [-0.2, -0.15) is 0 Å². The van der Waals surface area contributed by atoms with E-state index in [1.807, 2.05) is 0 Å². The summed E-state index contributed by atoms with van der Waals surface area (Å²) in [5.74, 6) is -2.08. The predicted octanol–water partition coefficient (Wildman–Crippen LogP) is 2.63. The van der Waals surface area contributed by atoms with Crippen LogP contribution in [0.4, 0.5) is 4.39 Å². The van der Waals surface area contributed by atoms with Gasteiger partial charge in [-0.3, -0.25) is 4.79 Å². The van der Waals surface area contributed by atoms with Gasteiger partial charge in [-0.25, -0.2) is 9.18 Å². The van der Waals surface area contributed by atoms with Crippen molar-refractivity contribution in [3.05, 3.63) is 47.2 Å². The molecule has 2 rings (SSSR count). The predicted molar refractivity (Wildman–Crippen MR) is 81.1 cm³/mol. The number of rotatable bonds is 6. The van der Waals surface area contributed by atoms with E-state index in [-0.39, 0.29) is 22.6 Å². The van der Waals surface area contributed by atoms with Gasteiger partial charge in [0.2, 0.25) is 0 Å². The highest BCUT2D eigenvalue weighted by Gasteiger charge is 2.21. The topological polar surface area (TPSA) is 98.0 Å². The molecule has 0 aliphatic rings. The number of hydrogen-bond acceptors (Lipinski definition) is 5. The highest BCUT2D eigenvalue weighted by Crippen LogP contribution is 2.32. The Morgan fingerprint density at radius 3 is 2.38 bits per heavy atom. The summed E-state index contributed by atoms with van der Waals surface area (Å²) in [4.78, 5) is 22.9. The molecule has 7 nitrogen and oxygen atoms in total. The number of nitrogens with one attached hydrogen (secondary N) is 1. The third-order valence-electron chi connectivity index (χ3n) is 3.39. The minimum absolute atomic E-state index is 0.148. The van der Waals surface area contributed by atoms with Crippen LogP contribution >= 0.6 is 0 Å². The van der Waals surface area contributed by atoms with E-state index in [0.717, 1.165) is 18.4 Å². The molecule has 0 fully saturated rings. The van der Waals surface area contributed by atoms with Gasteiger partial charge in [0.1, 0.15) is 12.1 Å². The lowest BCUT2D eigenvalue weighted by Gasteiger charge is -2.17. The fourth-order valence-corrected chi connectivity index (χ4v) is 2.11. The van der Waals surface area contributed by atoms with Gasteiger partial charge in [0.15, 0.2) is 17.3 Å². The van der Waals surface area contributed by atoms with E-state index in [2.05, 4.69) is 5.32 Å². The molecule has 1 unspecified atom stereocenters. The summed E-state index contributed by atoms with van der Waals surface area (Å²) >= 11 is 0. The lowest BCUT2D eigenvalue weighted by atomic mass is 10.1. The molecular formula is C16H16FNO6. The number of hydrogen-bond donors (Lipinski definition) is 2. The molecule has 0 aliphatic heterocycles. The lowest BCUT2D eigenvalue weighted by Crippen LogP contribution is -2.27. The van der Waals surface area contributed by atoms with Crippen LogP contribution in [0, 0.1) is 5.82 Å². The van der Waals surface area contributed by atoms with Gasteiger partial charge in [0.05, 0.1) is 25.8 Å². The van der Waals surface area contributed by atoms with Crippen LogP contribution < -0.4 is 14.8 Å². The van der Waals surface area contributed by atoms with Crippen LogP contribution in [0.2, 0.25) is 0 Å². The maximum Gasteiger partial charge on any atom is 0.338 e. The van der Waals surface area contributed by atoms with Crippen molar-refractivity contribution in [2.75, 3.05) is 14.2 Å². The van der Waals surface area contributed by atoms with E-state index in [9.17, 15) is 14.0 Å². The van der Waals surface area contributed by atoms with Crippen molar-refractivity contribution in [1.82, 2.24) is 5.32 Å². The van der Waals surface area contributed by atoms with Crippen molar-refractivity contribution < 1.29 is 33.0 Å². The summed E-state index contributed by atoms with van der Waals surface area (Å²) in [6, 6.07) is 2.96. The third-order valence-corrected chi connectivity index (χ3v) is 3.39. The lowest BCUT2D eigenvalue weighted by molar-refractivity contribution is 0.0695. The molecule has 1 amide bonds. The van der Waals surface area contributed by atoms with Gasteiger partial charge in [0.25, 0.3) is 5.91 Å². The Labute approximate surface area is 137 Å². The number of amides is 1. The summed E-state index contributed by atoms with van der Waals surface area (Å²) in [5, 5.41) is 11.3. The van der Waals surface area contributed by atoms with E-state index >= 15 is 0 Å². The van der Waals surface area contributed by atoms with Crippen molar-refractivity contribution in [3.63, 3.8) is 0 Å². The zero-order valence-electron chi connectivity index (χ0n) is 13.3. The first-order valence-electron chi connectivity index (χ1n) is 6.91. The average molecular weight is 337 g/mol. The van der Waals surface area contributed by atoms with Crippen LogP contribution in [0.15, 0.2) is 28.9 Å². The standard InChI is InChI=1S/C16H16FNO6/c1-8(10-5-12(22-2)13(23-3)6-11(10)17)18-15(19)14-4-9(7-24-14)16(20)21/h4-8H,1-3H3,(H,18,19)(H,20,21). The number of carbonyl (C=O) groups is 2. The van der Waals surface area contributed by atoms with Crippen molar-refractivity contribution in [2.24, 2.45) is 0 Å². The fourth-order valence-electron chi connectivity index (χ4n) is 2.11. The Morgan fingerprint density at radius 2 is 1.83 bits per heavy atom. The number of ether oxygens (including phenoxy) is 2. The number of benzene rings is 1. The normalized spacial score (nSPS) is 11.7. The Bertz CT molecular complexity index is 770. The first-order valence-corrected chi connectivity index (χ1v) is 6.91. The quantitative estimate of drug-likeness (QED) is 0.841. The first kappa shape index (κ1) is 17.3. The molecule has 2 N–H and O–H groups in total. The molecule has 0 spiro atoms. The number of carboxylic acid groups (broad SMARTS) is 1. The second kappa shape index (κ2) is 7.03. The minimum atomic E-state index is -1.21. The highest BCUT2D eigenvalue weighted by molar-refractivity contribution is 5.95. The van der Waals surface area contributed by atoms with Crippen LogP contribution in [0.3, 0.4) is 0 Å². The van der Waals surface area contributed by atoms with Crippen molar-refractivity contribution in [3.8, 4) is 11.5 Å². The Hall–Kier alpha value is -3.03. The smallest absolute Gasteiger partial charge is 0.338 e. The zero-order valence-corrected chi connectivity index (χ0v) is 13.3. The van der Waals surface area contributed by atoms with Gasteiger partial charge in [-0.15, -0.1) is 0 Å². The molecule has 0 radical (unpaired) electrons.